The maximum absolute atomic E-state index is 4.68. The molecular weight excluding hydrogens is 284 g/mol. The smallest absolute Gasteiger partial charge is 0.0924 e. The predicted octanol–water partition coefficient (Wildman–Crippen LogP) is 4.10. The molecule has 0 aliphatic heterocycles. The first-order valence-corrected chi connectivity index (χ1v) is 7.56. The second-order valence-corrected chi connectivity index (χ2v) is 5.66. The van der Waals surface area contributed by atoms with E-state index in [0.29, 0.717) is 0 Å². The van der Waals surface area contributed by atoms with Crippen LogP contribution in [0.15, 0.2) is 61.1 Å². The summed E-state index contributed by atoms with van der Waals surface area (Å²) in [7, 11) is 0. The Balaban J connectivity index is 1.80. The zero-order valence-electron chi connectivity index (χ0n) is 13.1. The highest BCUT2D eigenvalue weighted by Crippen LogP contribution is 2.23. The molecule has 0 bridgehead atoms. The molecule has 0 fully saturated rings. The summed E-state index contributed by atoms with van der Waals surface area (Å²) in [4.78, 5) is 9.16. The molecule has 0 radical (unpaired) electrons. The van der Waals surface area contributed by atoms with Crippen molar-refractivity contribution in [1.82, 2.24) is 19.7 Å². The SMILES string of the molecule is Cc1cccc(C)c1-n1cc(-c2cnc3ccccc3n2)cn1. The van der Waals surface area contributed by atoms with Crippen LogP contribution in [-0.2, 0) is 0 Å². The van der Waals surface area contributed by atoms with E-state index in [1.807, 2.05) is 41.3 Å². The van der Waals surface area contributed by atoms with Crippen molar-refractivity contribution in [3.63, 3.8) is 0 Å². The maximum atomic E-state index is 4.68. The maximum Gasteiger partial charge on any atom is 0.0924 e. The molecule has 4 heteroatoms. The van der Waals surface area contributed by atoms with Crippen LogP contribution >= 0.6 is 0 Å². The lowest BCUT2D eigenvalue weighted by molar-refractivity contribution is 0.865. The Kier molecular flexibility index (Phi) is 3.15. The van der Waals surface area contributed by atoms with Crippen molar-refractivity contribution in [1.29, 1.82) is 0 Å². The zero-order chi connectivity index (χ0) is 15.8. The Morgan fingerprint density at radius 1 is 0.826 bits per heavy atom. The van der Waals surface area contributed by atoms with Crippen LogP contribution < -0.4 is 0 Å². The van der Waals surface area contributed by atoms with Crippen LogP contribution in [0.1, 0.15) is 11.1 Å². The molecule has 4 aromatic rings. The lowest BCUT2D eigenvalue weighted by Crippen LogP contribution is -1.99. The van der Waals surface area contributed by atoms with Crippen molar-refractivity contribution in [2.45, 2.75) is 13.8 Å². The molecular formula is C19H16N4. The second-order valence-electron chi connectivity index (χ2n) is 5.66. The molecule has 0 unspecified atom stereocenters. The van der Waals surface area contributed by atoms with E-state index in [1.54, 1.807) is 6.20 Å². The van der Waals surface area contributed by atoms with Crippen molar-refractivity contribution in [3.8, 4) is 16.9 Å². The van der Waals surface area contributed by atoms with Gasteiger partial charge in [-0.2, -0.15) is 5.10 Å². The molecule has 4 rings (SSSR count). The van der Waals surface area contributed by atoms with E-state index in [9.17, 15) is 0 Å². The van der Waals surface area contributed by atoms with Crippen LogP contribution in [0.4, 0.5) is 0 Å². The molecule has 2 heterocycles. The average Bonchev–Trinajstić information content (AvgIpc) is 3.04. The molecule has 0 saturated carbocycles. The van der Waals surface area contributed by atoms with Crippen LogP contribution in [0, 0.1) is 13.8 Å². The number of fused-ring (bicyclic) bond motifs is 1. The summed E-state index contributed by atoms with van der Waals surface area (Å²) >= 11 is 0. The van der Waals surface area contributed by atoms with Gasteiger partial charge in [0.25, 0.3) is 0 Å². The summed E-state index contributed by atoms with van der Waals surface area (Å²) < 4.78 is 1.91. The molecule has 0 atom stereocenters. The molecule has 0 aliphatic carbocycles. The minimum Gasteiger partial charge on any atom is -0.252 e. The van der Waals surface area contributed by atoms with Crippen LogP contribution in [0.3, 0.4) is 0 Å². The number of hydrogen-bond acceptors (Lipinski definition) is 3. The molecule has 23 heavy (non-hydrogen) atoms. The molecule has 112 valence electrons. The molecule has 2 aromatic heterocycles. The Hall–Kier alpha value is -3.01. The zero-order valence-corrected chi connectivity index (χ0v) is 13.1. The lowest BCUT2D eigenvalue weighted by Gasteiger charge is -2.09. The summed E-state index contributed by atoms with van der Waals surface area (Å²) in [6.45, 7) is 4.19. The van der Waals surface area contributed by atoms with E-state index in [4.69, 9.17) is 0 Å². The Morgan fingerprint density at radius 2 is 1.57 bits per heavy atom. The van der Waals surface area contributed by atoms with Crippen LogP contribution in [0.25, 0.3) is 28.0 Å². The number of hydrogen-bond donors (Lipinski definition) is 0. The molecule has 0 aliphatic rings. The van der Waals surface area contributed by atoms with Gasteiger partial charge in [0.1, 0.15) is 0 Å². The van der Waals surface area contributed by atoms with E-state index in [2.05, 4.69) is 47.1 Å². The van der Waals surface area contributed by atoms with Crippen molar-refractivity contribution in [2.24, 2.45) is 0 Å². The summed E-state index contributed by atoms with van der Waals surface area (Å²) in [5, 5.41) is 4.51. The van der Waals surface area contributed by atoms with Gasteiger partial charge < -0.3 is 0 Å². The van der Waals surface area contributed by atoms with Gasteiger partial charge in [-0.25, -0.2) is 9.67 Å². The van der Waals surface area contributed by atoms with E-state index in [-0.39, 0.29) is 0 Å². The minimum atomic E-state index is 0.834. The van der Waals surface area contributed by atoms with Crippen molar-refractivity contribution >= 4 is 11.0 Å². The number of para-hydroxylation sites is 3. The monoisotopic (exact) mass is 300 g/mol. The highest BCUT2D eigenvalue weighted by molar-refractivity contribution is 5.76. The van der Waals surface area contributed by atoms with Gasteiger partial charge in [-0.05, 0) is 37.1 Å². The van der Waals surface area contributed by atoms with Gasteiger partial charge in [0, 0.05) is 11.8 Å². The number of aromatic nitrogens is 4. The number of aryl methyl sites for hydroxylation is 2. The van der Waals surface area contributed by atoms with Crippen molar-refractivity contribution < 1.29 is 0 Å². The average molecular weight is 300 g/mol. The van der Waals surface area contributed by atoms with E-state index >= 15 is 0 Å². The van der Waals surface area contributed by atoms with Gasteiger partial charge in [0.2, 0.25) is 0 Å². The normalized spacial score (nSPS) is 11.0. The minimum absolute atomic E-state index is 0.834. The first kappa shape index (κ1) is 13.6. The van der Waals surface area contributed by atoms with Crippen LogP contribution in [0.5, 0.6) is 0 Å². The quantitative estimate of drug-likeness (QED) is 0.560. The van der Waals surface area contributed by atoms with Crippen molar-refractivity contribution in [2.75, 3.05) is 0 Å². The van der Waals surface area contributed by atoms with Crippen LogP contribution in [-0.4, -0.2) is 19.7 Å². The van der Waals surface area contributed by atoms with Gasteiger partial charge in [0.05, 0.1) is 34.8 Å². The standard InChI is InChI=1S/C19H16N4/c1-13-6-5-7-14(2)19(13)23-12-15(10-21-23)18-11-20-16-8-3-4-9-17(16)22-18/h3-12H,1-2H3. The highest BCUT2D eigenvalue weighted by Gasteiger charge is 2.09. The molecule has 0 amide bonds. The first-order chi connectivity index (χ1) is 11.2. The van der Waals surface area contributed by atoms with E-state index in [0.717, 1.165) is 28.0 Å². The fourth-order valence-electron chi connectivity index (χ4n) is 2.84. The number of rotatable bonds is 2. The van der Waals surface area contributed by atoms with E-state index in [1.165, 1.54) is 11.1 Å². The number of benzene rings is 2. The molecule has 0 spiro atoms. The lowest BCUT2D eigenvalue weighted by atomic mass is 10.1. The second kappa shape index (κ2) is 5.32. The summed E-state index contributed by atoms with van der Waals surface area (Å²) in [6, 6.07) is 14.1. The van der Waals surface area contributed by atoms with Gasteiger partial charge >= 0.3 is 0 Å². The Morgan fingerprint density at radius 3 is 2.35 bits per heavy atom. The predicted molar refractivity (Wildman–Crippen MR) is 91.6 cm³/mol. The summed E-state index contributed by atoms with van der Waals surface area (Å²) in [5.41, 5.74) is 7.11. The molecule has 0 N–H and O–H groups in total. The highest BCUT2D eigenvalue weighted by atomic mass is 15.3. The van der Waals surface area contributed by atoms with Crippen molar-refractivity contribution in [3.05, 3.63) is 72.2 Å². The van der Waals surface area contributed by atoms with Gasteiger partial charge in [-0.3, -0.25) is 4.98 Å². The summed E-state index contributed by atoms with van der Waals surface area (Å²) in [6.07, 6.45) is 5.65. The van der Waals surface area contributed by atoms with Crippen LogP contribution in [0.2, 0.25) is 0 Å². The topological polar surface area (TPSA) is 43.6 Å². The molecule has 2 aromatic carbocycles. The van der Waals surface area contributed by atoms with Gasteiger partial charge in [0.15, 0.2) is 0 Å². The largest absolute Gasteiger partial charge is 0.252 e. The Bertz CT molecular complexity index is 981. The third kappa shape index (κ3) is 2.38. The fraction of sp³-hybridized carbons (Fsp3) is 0.105. The van der Waals surface area contributed by atoms with E-state index < -0.39 is 0 Å². The third-order valence-electron chi connectivity index (χ3n) is 4.00. The first-order valence-electron chi connectivity index (χ1n) is 7.56. The van der Waals surface area contributed by atoms with Gasteiger partial charge in [-0.1, -0.05) is 30.3 Å². The van der Waals surface area contributed by atoms with Gasteiger partial charge in [-0.15, -0.1) is 0 Å². The molecule has 0 saturated heterocycles. The Labute approximate surface area is 134 Å². The fourth-order valence-corrected chi connectivity index (χ4v) is 2.84. The summed E-state index contributed by atoms with van der Waals surface area (Å²) in [5.74, 6) is 0. The third-order valence-corrected chi connectivity index (χ3v) is 4.00. The number of nitrogens with zero attached hydrogens (tertiary/aromatic N) is 4. The molecule has 4 nitrogen and oxygen atoms in total.